The Balaban J connectivity index is 1.42. The smallest absolute Gasteiger partial charge is 0.311 e. The maximum Gasteiger partial charge on any atom is 0.311 e. The summed E-state index contributed by atoms with van der Waals surface area (Å²) in [6, 6.07) is 14.5. The molecule has 3 atom stereocenters. The molecule has 0 saturated carbocycles. The quantitative estimate of drug-likeness (QED) is 0.0796. The van der Waals surface area contributed by atoms with E-state index in [1.165, 1.54) is 38.5 Å². The van der Waals surface area contributed by atoms with E-state index in [0.29, 0.717) is 47.1 Å². The third-order valence-corrected chi connectivity index (χ3v) is 8.06. The van der Waals surface area contributed by atoms with Gasteiger partial charge >= 0.3 is 5.97 Å². The zero-order valence-electron chi connectivity index (χ0n) is 23.1. The van der Waals surface area contributed by atoms with Gasteiger partial charge in [0.05, 0.1) is 25.0 Å². The van der Waals surface area contributed by atoms with Crippen LogP contribution in [0.15, 0.2) is 53.4 Å². The molecule has 1 aliphatic rings. The molecule has 1 heterocycles. The largest absolute Gasteiger partial charge is 0.492 e. The molecule has 0 spiro atoms. The Morgan fingerprint density at radius 3 is 2.55 bits per heavy atom. The molecule has 3 unspecified atom stereocenters. The highest BCUT2D eigenvalue weighted by molar-refractivity contribution is 7.86. The van der Waals surface area contributed by atoms with Crippen LogP contribution in [-0.2, 0) is 20.5 Å². The highest BCUT2D eigenvalue weighted by Gasteiger charge is 2.20. The maximum atomic E-state index is 13.2. The number of nitrogens with one attached hydrogen (secondary N) is 1. The van der Waals surface area contributed by atoms with Crippen LogP contribution in [0, 0.1) is 5.92 Å². The number of carbonyl (C=O) groups excluding carboxylic acids is 1. The lowest BCUT2D eigenvalue weighted by atomic mass is 10.0. The fourth-order valence-electron chi connectivity index (χ4n) is 4.38. The fourth-order valence-corrected chi connectivity index (χ4v) is 5.34. The van der Waals surface area contributed by atoms with Crippen molar-refractivity contribution in [1.82, 2.24) is 0 Å². The van der Waals surface area contributed by atoms with Crippen LogP contribution in [0.2, 0.25) is 0 Å². The molecule has 1 saturated heterocycles. The summed E-state index contributed by atoms with van der Waals surface area (Å²) in [5.74, 6) is 1.34. The Hall–Kier alpha value is -2.38. The second kappa shape index (κ2) is 17.3. The number of ether oxygens (including phenoxy) is 3. The lowest BCUT2D eigenvalue weighted by Crippen LogP contribution is -2.13. The zero-order chi connectivity index (χ0) is 27.0. The van der Waals surface area contributed by atoms with E-state index < -0.39 is 11.0 Å². The first-order valence-corrected chi connectivity index (χ1v) is 15.6. The van der Waals surface area contributed by atoms with Gasteiger partial charge in [0.1, 0.15) is 16.4 Å². The second-order valence-corrected chi connectivity index (χ2v) is 11.3. The van der Waals surface area contributed by atoms with Crippen LogP contribution in [0.4, 0.5) is 5.69 Å². The van der Waals surface area contributed by atoms with E-state index in [9.17, 15) is 9.00 Å². The van der Waals surface area contributed by atoms with E-state index in [0.717, 1.165) is 38.7 Å². The van der Waals surface area contributed by atoms with Gasteiger partial charge < -0.3 is 18.9 Å². The minimum atomic E-state index is -1.52. The summed E-state index contributed by atoms with van der Waals surface area (Å²) in [6.07, 6.45) is 13.4. The summed E-state index contributed by atoms with van der Waals surface area (Å²) in [5.41, 5.74) is 0.620. The van der Waals surface area contributed by atoms with Crippen LogP contribution in [-0.4, -0.2) is 29.5 Å². The molecule has 0 amide bonds. The Kier molecular flexibility index (Phi) is 13.7. The number of carbonyl (C=O) groups is 1. The summed E-state index contributed by atoms with van der Waals surface area (Å²) in [7, 11) is -1.52. The van der Waals surface area contributed by atoms with Crippen LogP contribution in [0.3, 0.4) is 0 Å². The lowest BCUT2D eigenvalue weighted by Gasteiger charge is -2.17. The summed E-state index contributed by atoms with van der Waals surface area (Å²) < 4.78 is 33.1. The topological polar surface area (TPSA) is 77.2 Å². The van der Waals surface area contributed by atoms with Gasteiger partial charge in [-0.2, -0.15) is 0 Å². The van der Waals surface area contributed by atoms with Gasteiger partial charge in [-0.3, -0.25) is 4.79 Å². The minimum Gasteiger partial charge on any atom is -0.492 e. The standard InChI is InChI=1S/C31H45NO5S/c1-3-5-15-25(4-2)23-36-29-19-12-13-20-30(29)38(34)32-26-16-14-18-27(22-26)37-31(33)21-11-9-7-6-8-10-17-28-24-35-28/h12-14,16,18-20,22,25,28,32H,3-11,15,17,21,23-24H2,1-2H3. The number of rotatable bonds is 20. The van der Waals surface area contributed by atoms with Crippen molar-refractivity contribution in [2.45, 2.75) is 102 Å². The first kappa shape index (κ1) is 30.2. The summed E-state index contributed by atoms with van der Waals surface area (Å²) >= 11 is 0. The SMILES string of the molecule is CCCCC(CC)COc1ccccc1S(=O)Nc1cccc(OC(=O)CCCCCCCCC2CO2)c1. The van der Waals surface area contributed by atoms with Gasteiger partial charge in [-0.05, 0) is 49.4 Å². The number of esters is 1. The highest BCUT2D eigenvalue weighted by Crippen LogP contribution is 2.26. The molecule has 0 aliphatic carbocycles. The Labute approximate surface area is 231 Å². The van der Waals surface area contributed by atoms with Crippen molar-refractivity contribution in [3.8, 4) is 11.5 Å². The molecule has 38 heavy (non-hydrogen) atoms. The minimum absolute atomic E-state index is 0.235. The molecule has 0 aromatic heterocycles. The van der Waals surface area contributed by atoms with Crippen LogP contribution >= 0.6 is 0 Å². The zero-order valence-corrected chi connectivity index (χ0v) is 23.9. The fraction of sp³-hybridized carbons (Fsp3) is 0.581. The van der Waals surface area contributed by atoms with Gasteiger partial charge in [-0.1, -0.05) is 83.4 Å². The van der Waals surface area contributed by atoms with E-state index >= 15 is 0 Å². The van der Waals surface area contributed by atoms with E-state index in [2.05, 4.69) is 18.6 Å². The average molecular weight is 544 g/mol. The van der Waals surface area contributed by atoms with E-state index in [1.807, 2.05) is 30.3 Å². The third kappa shape index (κ3) is 11.6. The molecule has 2 aromatic rings. The van der Waals surface area contributed by atoms with Gasteiger partial charge in [0, 0.05) is 12.5 Å². The molecule has 1 fully saturated rings. The molecule has 0 radical (unpaired) electrons. The average Bonchev–Trinajstić information content (AvgIpc) is 3.75. The predicted molar refractivity (Wildman–Crippen MR) is 154 cm³/mol. The van der Waals surface area contributed by atoms with Gasteiger partial charge in [0.2, 0.25) is 0 Å². The lowest BCUT2D eigenvalue weighted by molar-refractivity contribution is -0.134. The Bertz CT molecular complexity index is 994. The Morgan fingerprint density at radius 1 is 1.03 bits per heavy atom. The third-order valence-electron chi connectivity index (χ3n) is 6.90. The molecule has 6 nitrogen and oxygen atoms in total. The first-order valence-electron chi connectivity index (χ1n) is 14.4. The number of hydrogen-bond acceptors (Lipinski definition) is 5. The number of para-hydroxylation sites is 1. The Morgan fingerprint density at radius 2 is 1.79 bits per heavy atom. The van der Waals surface area contributed by atoms with Crippen molar-refractivity contribution in [1.29, 1.82) is 0 Å². The molecule has 3 rings (SSSR count). The summed E-state index contributed by atoms with van der Waals surface area (Å²) in [4.78, 5) is 12.9. The normalized spacial score (nSPS) is 16.0. The molecule has 1 aliphatic heterocycles. The van der Waals surface area contributed by atoms with Crippen molar-refractivity contribution in [3.63, 3.8) is 0 Å². The van der Waals surface area contributed by atoms with Crippen molar-refractivity contribution < 1.29 is 23.2 Å². The molecular formula is C31H45NO5S. The highest BCUT2D eigenvalue weighted by atomic mass is 32.2. The predicted octanol–water partition coefficient (Wildman–Crippen LogP) is 7.84. The van der Waals surface area contributed by atoms with Crippen LogP contribution < -0.4 is 14.2 Å². The molecule has 0 bridgehead atoms. The van der Waals surface area contributed by atoms with Crippen molar-refractivity contribution in [2.75, 3.05) is 17.9 Å². The summed E-state index contributed by atoms with van der Waals surface area (Å²) in [5, 5.41) is 0. The molecular weight excluding hydrogens is 498 g/mol. The molecule has 210 valence electrons. The number of benzene rings is 2. The van der Waals surface area contributed by atoms with E-state index in [1.54, 1.807) is 18.2 Å². The molecule has 7 heteroatoms. The number of anilines is 1. The maximum absolute atomic E-state index is 13.2. The number of hydrogen-bond donors (Lipinski definition) is 1. The van der Waals surface area contributed by atoms with Gasteiger partial charge in [-0.25, -0.2) is 4.21 Å². The monoisotopic (exact) mass is 543 g/mol. The van der Waals surface area contributed by atoms with Gasteiger partial charge in [0.15, 0.2) is 11.0 Å². The molecule has 2 aromatic carbocycles. The number of epoxide rings is 1. The van der Waals surface area contributed by atoms with Crippen molar-refractivity contribution in [3.05, 3.63) is 48.5 Å². The van der Waals surface area contributed by atoms with Crippen molar-refractivity contribution >= 4 is 22.6 Å². The van der Waals surface area contributed by atoms with E-state index in [-0.39, 0.29) is 5.97 Å². The number of unbranched alkanes of at least 4 members (excludes halogenated alkanes) is 6. The van der Waals surface area contributed by atoms with Crippen molar-refractivity contribution in [2.24, 2.45) is 5.92 Å². The first-order chi connectivity index (χ1) is 18.6. The summed E-state index contributed by atoms with van der Waals surface area (Å²) in [6.45, 7) is 5.94. The van der Waals surface area contributed by atoms with Crippen LogP contribution in [0.5, 0.6) is 11.5 Å². The van der Waals surface area contributed by atoms with E-state index in [4.69, 9.17) is 14.2 Å². The molecule has 1 N–H and O–H groups in total. The van der Waals surface area contributed by atoms with Crippen LogP contribution in [0.25, 0.3) is 0 Å². The van der Waals surface area contributed by atoms with Crippen LogP contribution in [0.1, 0.15) is 90.9 Å². The van der Waals surface area contributed by atoms with Gasteiger partial charge in [-0.15, -0.1) is 0 Å². The van der Waals surface area contributed by atoms with Gasteiger partial charge in [0.25, 0.3) is 0 Å². The second-order valence-electron chi connectivity index (χ2n) is 10.2.